The molecular formula is C29H24F5N5O5. The van der Waals surface area contributed by atoms with Crippen molar-refractivity contribution in [2.75, 3.05) is 20.3 Å². The van der Waals surface area contributed by atoms with Crippen LogP contribution in [-0.2, 0) is 16.1 Å². The summed E-state index contributed by atoms with van der Waals surface area (Å²) in [4.78, 5) is 33.6. The molecule has 0 bridgehead atoms. The van der Waals surface area contributed by atoms with Crippen molar-refractivity contribution in [2.24, 2.45) is 5.73 Å². The molecule has 4 heterocycles. The van der Waals surface area contributed by atoms with E-state index < -0.39 is 70.9 Å². The Morgan fingerprint density at radius 3 is 2.50 bits per heavy atom. The minimum absolute atomic E-state index is 0.00178. The van der Waals surface area contributed by atoms with Gasteiger partial charge in [0.25, 0.3) is 17.5 Å². The highest BCUT2D eigenvalue weighted by atomic mass is 19.4. The molecule has 1 aromatic carbocycles. The van der Waals surface area contributed by atoms with Crippen molar-refractivity contribution in [2.45, 2.75) is 36.2 Å². The number of nitrogens with zero attached hydrogens (tertiary/aromatic N) is 3. The van der Waals surface area contributed by atoms with Gasteiger partial charge in [-0.2, -0.15) is 13.2 Å². The van der Waals surface area contributed by atoms with Crippen LogP contribution in [0.3, 0.4) is 0 Å². The largest absolute Gasteiger partial charge is 0.493 e. The Morgan fingerprint density at radius 2 is 1.89 bits per heavy atom. The molecule has 1 unspecified atom stereocenters. The van der Waals surface area contributed by atoms with E-state index in [0.29, 0.717) is 11.7 Å². The summed E-state index contributed by atoms with van der Waals surface area (Å²) in [6.07, 6.45) is -0.485. The molecule has 4 aromatic rings. The number of methoxy groups -OCH3 is 1. The fourth-order valence-electron chi connectivity index (χ4n) is 5.02. The first-order valence-electron chi connectivity index (χ1n) is 13.3. The monoisotopic (exact) mass is 617 g/mol. The molecule has 1 fully saturated rings. The van der Waals surface area contributed by atoms with Crippen LogP contribution < -0.4 is 20.5 Å². The molecule has 2 atom stereocenters. The number of aromatic nitrogens is 3. The number of aliphatic hydroxyl groups is 1. The van der Waals surface area contributed by atoms with Crippen LogP contribution in [0.1, 0.15) is 46.1 Å². The molecule has 1 aliphatic heterocycles. The van der Waals surface area contributed by atoms with Crippen molar-refractivity contribution in [3.05, 3.63) is 77.1 Å². The van der Waals surface area contributed by atoms with Gasteiger partial charge in [-0.3, -0.25) is 9.59 Å². The molecule has 10 nitrogen and oxygen atoms in total. The van der Waals surface area contributed by atoms with Crippen LogP contribution in [0.4, 0.5) is 22.0 Å². The number of carbonyl (C=O) groups is 2. The molecule has 44 heavy (non-hydrogen) atoms. The predicted molar refractivity (Wildman–Crippen MR) is 143 cm³/mol. The summed E-state index contributed by atoms with van der Waals surface area (Å²) < 4.78 is 85.3. The highest BCUT2D eigenvalue weighted by Gasteiger charge is 2.58. The standard InChI is InChI=1S/C29H24F5N5O5/c1-43-20-8-16(10-39-11-19(14-2-3-14)37-24(20)39)25(40)36-12-28(42,29(32,33)34)21-9-18-23(44-13-27(18,31)26(35)41)22(38-21)15-4-6-17(30)7-5-15/h4-11,14,42H,2-3,12-13H2,1H3,(H2,35,41)(H,36,40)/t27?,28-/m0/s1. The summed E-state index contributed by atoms with van der Waals surface area (Å²) in [7, 11) is 1.35. The summed E-state index contributed by atoms with van der Waals surface area (Å²) >= 11 is 0. The number of carbonyl (C=O) groups excluding carboxylic acids is 2. The lowest BCUT2D eigenvalue weighted by molar-refractivity contribution is -0.265. The number of benzene rings is 1. The van der Waals surface area contributed by atoms with Crippen LogP contribution >= 0.6 is 0 Å². The van der Waals surface area contributed by atoms with Gasteiger partial charge in [-0.25, -0.2) is 18.7 Å². The Bertz CT molecular complexity index is 1810. The van der Waals surface area contributed by atoms with Crippen LogP contribution in [0.15, 0.2) is 48.8 Å². The number of amides is 2. The number of ether oxygens (including phenoxy) is 2. The molecule has 1 aliphatic carbocycles. The number of imidazole rings is 1. The average Bonchev–Trinajstić information content (AvgIpc) is 3.65. The number of fused-ring (bicyclic) bond motifs is 2. The van der Waals surface area contributed by atoms with Gasteiger partial charge >= 0.3 is 6.18 Å². The van der Waals surface area contributed by atoms with E-state index >= 15 is 4.39 Å². The minimum atomic E-state index is -5.47. The van der Waals surface area contributed by atoms with Crippen LogP contribution in [0, 0.1) is 5.82 Å². The molecule has 0 saturated heterocycles. The molecule has 0 radical (unpaired) electrons. The predicted octanol–water partition coefficient (Wildman–Crippen LogP) is 3.64. The van der Waals surface area contributed by atoms with Crippen molar-refractivity contribution in [1.29, 1.82) is 0 Å². The number of alkyl halides is 4. The Balaban J connectivity index is 1.40. The van der Waals surface area contributed by atoms with Crippen LogP contribution in [0.5, 0.6) is 11.5 Å². The maximum atomic E-state index is 15.7. The molecule has 3 aromatic heterocycles. The number of hydrogen-bond donors (Lipinski definition) is 3. The first-order valence-corrected chi connectivity index (χ1v) is 13.3. The van der Waals surface area contributed by atoms with Crippen LogP contribution in [-0.4, -0.2) is 57.7 Å². The first kappa shape index (κ1) is 29.3. The topological polar surface area (TPSA) is 141 Å². The third-order valence-corrected chi connectivity index (χ3v) is 7.73. The van der Waals surface area contributed by atoms with E-state index in [1.165, 1.54) is 23.8 Å². The summed E-state index contributed by atoms with van der Waals surface area (Å²) in [6, 6.07) is 6.09. The number of nitrogens with one attached hydrogen (secondary N) is 1. The van der Waals surface area contributed by atoms with Crippen LogP contribution in [0.2, 0.25) is 0 Å². The molecule has 2 aliphatic rings. The summed E-state index contributed by atoms with van der Waals surface area (Å²) in [5.41, 5.74) is -2.90. The van der Waals surface area contributed by atoms with E-state index in [-0.39, 0.29) is 22.8 Å². The zero-order valence-corrected chi connectivity index (χ0v) is 22.9. The van der Waals surface area contributed by atoms with Crippen molar-refractivity contribution in [1.82, 2.24) is 19.7 Å². The molecule has 6 rings (SSSR count). The zero-order valence-electron chi connectivity index (χ0n) is 22.9. The number of primary amides is 1. The van der Waals surface area contributed by atoms with Crippen molar-refractivity contribution < 1.29 is 46.1 Å². The molecule has 15 heteroatoms. The lowest BCUT2D eigenvalue weighted by atomic mass is 9.90. The van der Waals surface area contributed by atoms with Crippen molar-refractivity contribution >= 4 is 17.5 Å². The summed E-state index contributed by atoms with van der Waals surface area (Å²) in [6.45, 7) is -2.42. The maximum Gasteiger partial charge on any atom is 0.424 e. The van der Waals surface area contributed by atoms with Gasteiger partial charge in [0.05, 0.1) is 30.6 Å². The number of rotatable bonds is 8. The highest BCUT2D eigenvalue weighted by Crippen LogP contribution is 2.48. The average molecular weight is 618 g/mol. The highest BCUT2D eigenvalue weighted by molar-refractivity contribution is 5.95. The van der Waals surface area contributed by atoms with Crippen molar-refractivity contribution in [3.63, 3.8) is 0 Å². The first-order chi connectivity index (χ1) is 20.7. The lowest BCUT2D eigenvalue weighted by Gasteiger charge is -2.31. The Hall–Kier alpha value is -4.79. The lowest BCUT2D eigenvalue weighted by Crippen LogP contribution is -2.51. The number of halogens is 5. The van der Waals surface area contributed by atoms with Gasteiger partial charge in [0.1, 0.15) is 18.1 Å². The molecule has 1 saturated carbocycles. The summed E-state index contributed by atoms with van der Waals surface area (Å²) in [5.74, 6) is -3.15. The zero-order chi connectivity index (χ0) is 31.6. The molecule has 0 spiro atoms. The second-order valence-electron chi connectivity index (χ2n) is 10.7. The van der Waals surface area contributed by atoms with Gasteiger partial charge in [-0.05, 0) is 49.2 Å². The SMILES string of the molecule is COc1cc(C(=O)NC[C@](O)(c2cc3c(c(-c4ccc(F)cc4)n2)OCC3(F)C(N)=O)C(F)(F)F)cn2cc(C3CC3)nc12. The van der Waals surface area contributed by atoms with Gasteiger partial charge in [0.2, 0.25) is 5.60 Å². The van der Waals surface area contributed by atoms with E-state index in [0.717, 1.165) is 42.8 Å². The van der Waals surface area contributed by atoms with E-state index in [2.05, 4.69) is 15.3 Å². The van der Waals surface area contributed by atoms with Crippen LogP contribution in [0.25, 0.3) is 16.9 Å². The molecule has 2 amide bonds. The van der Waals surface area contributed by atoms with Crippen molar-refractivity contribution in [3.8, 4) is 22.8 Å². The van der Waals surface area contributed by atoms with E-state index in [9.17, 15) is 32.3 Å². The molecule has 230 valence electrons. The third-order valence-electron chi connectivity index (χ3n) is 7.73. The van der Waals surface area contributed by atoms with Gasteiger partial charge in [0, 0.05) is 29.4 Å². The van der Waals surface area contributed by atoms with Gasteiger partial charge in [-0.15, -0.1) is 0 Å². The second kappa shape index (κ2) is 10.1. The minimum Gasteiger partial charge on any atom is -0.493 e. The van der Waals surface area contributed by atoms with E-state index in [1.807, 2.05) is 0 Å². The number of nitrogens with two attached hydrogens (primary N) is 1. The Labute approximate surface area is 245 Å². The second-order valence-corrected chi connectivity index (χ2v) is 10.7. The van der Waals surface area contributed by atoms with E-state index in [4.69, 9.17) is 15.2 Å². The molecule has 4 N–H and O–H groups in total. The maximum absolute atomic E-state index is 15.7. The Kier molecular flexibility index (Phi) is 6.75. The third kappa shape index (κ3) is 4.76. The fraction of sp³-hybridized carbons (Fsp3) is 0.310. The van der Waals surface area contributed by atoms with Gasteiger partial charge in [0.15, 0.2) is 17.1 Å². The normalized spacial score (nSPS) is 19.2. The summed E-state index contributed by atoms with van der Waals surface area (Å²) in [5, 5.41) is 13.2. The fourth-order valence-corrected chi connectivity index (χ4v) is 5.02. The molecular weight excluding hydrogens is 593 g/mol. The number of pyridine rings is 2. The quantitative estimate of drug-likeness (QED) is 0.257. The van der Waals surface area contributed by atoms with E-state index in [1.54, 1.807) is 6.20 Å². The van der Waals surface area contributed by atoms with Gasteiger partial charge in [-0.1, -0.05) is 0 Å². The number of hydrogen-bond acceptors (Lipinski definition) is 7. The smallest absolute Gasteiger partial charge is 0.424 e. The van der Waals surface area contributed by atoms with Gasteiger partial charge < -0.3 is 30.0 Å². The Morgan fingerprint density at radius 1 is 1.18 bits per heavy atom.